The average molecular weight is 248 g/mol. The number of hydrogen-bond acceptors (Lipinski definition) is 4. The van der Waals surface area contributed by atoms with E-state index in [4.69, 9.17) is 5.73 Å². The summed E-state index contributed by atoms with van der Waals surface area (Å²) in [7, 11) is 2.11. The van der Waals surface area contributed by atoms with Gasteiger partial charge in [0.1, 0.15) is 5.82 Å². The maximum Gasteiger partial charge on any atom is 0.128 e. The SMILES string of the molecule is Cc1nc(N(C)CCN2CCCC2)ccc1CN. The minimum Gasteiger partial charge on any atom is -0.358 e. The van der Waals surface area contributed by atoms with Gasteiger partial charge in [0.2, 0.25) is 0 Å². The first kappa shape index (κ1) is 13.3. The molecule has 0 atom stereocenters. The van der Waals surface area contributed by atoms with Crippen LogP contribution in [0.1, 0.15) is 24.1 Å². The van der Waals surface area contributed by atoms with Crippen LogP contribution in [0.3, 0.4) is 0 Å². The van der Waals surface area contributed by atoms with Crippen molar-refractivity contribution in [2.24, 2.45) is 5.73 Å². The summed E-state index contributed by atoms with van der Waals surface area (Å²) in [6.45, 7) is 7.28. The lowest BCUT2D eigenvalue weighted by atomic mass is 10.2. The lowest BCUT2D eigenvalue weighted by Crippen LogP contribution is -2.31. The molecule has 1 saturated heterocycles. The molecule has 0 bridgehead atoms. The van der Waals surface area contributed by atoms with E-state index in [1.807, 2.05) is 6.92 Å². The van der Waals surface area contributed by atoms with Crippen LogP contribution in [0.25, 0.3) is 0 Å². The molecule has 0 radical (unpaired) electrons. The van der Waals surface area contributed by atoms with Gasteiger partial charge in [0.25, 0.3) is 0 Å². The second-order valence-electron chi connectivity index (χ2n) is 5.09. The Hall–Kier alpha value is -1.13. The number of pyridine rings is 1. The Kier molecular flexibility index (Phi) is 4.55. The number of anilines is 1. The first-order valence-electron chi connectivity index (χ1n) is 6.81. The first-order valence-corrected chi connectivity index (χ1v) is 6.81. The van der Waals surface area contributed by atoms with E-state index in [0.29, 0.717) is 6.54 Å². The zero-order valence-electron chi connectivity index (χ0n) is 11.5. The third-order valence-electron chi connectivity index (χ3n) is 3.74. The van der Waals surface area contributed by atoms with Gasteiger partial charge in [-0.1, -0.05) is 6.07 Å². The zero-order valence-corrected chi connectivity index (χ0v) is 11.5. The molecule has 2 heterocycles. The second kappa shape index (κ2) is 6.16. The van der Waals surface area contributed by atoms with Gasteiger partial charge in [0, 0.05) is 32.4 Å². The minimum absolute atomic E-state index is 0.566. The third-order valence-corrected chi connectivity index (χ3v) is 3.74. The van der Waals surface area contributed by atoms with Gasteiger partial charge in [-0.25, -0.2) is 4.98 Å². The van der Waals surface area contributed by atoms with Gasteiger partial charge < -0.3 is 15.5 Å². The topological polar surface area (TPSA) is 45.4 Å². The largest absolute Gasteiger partial charge is 0.358 e. The molecule has 18 heavy (non-hydrogen) atoms. The van der Waals surface area contributed by atoms with Crippen molar-refractivity contribution in [3.8, 4) is 0 Å². The molecule has 1 aliphatic rings. The molecule has 0 aliphatic carbocycles. The van der Waals surface area contributed by atoms with E-state index in [1.165, 1.54) is 25.9 Å². The number of likely N-dealkylation sites (N-methyl/N-ethyl adjacent to an activating group) is 1. The average Bonchev–Trinajstić information content (AvgIpc) is 2.89. The van der Waals surface area contributed by atoms with Crippen LogP contribution in [0.15, 0.2) is 12.1 Å². The quantitative estimate of drug-likeness (QED) is 0.855. The molecule has 4 heteroatoms. The van der Waals surface area contributed by atoms with Crippen molar-refractivity contribution >= 4 is 5.82 Å². The predicted octanol–water partition coefficient (Wildman–Crippen LogP) is 1.38. The van der Waals surface area contributed by atoms with Crippen LogP contribution in [0.4, 0.5) is 5.82 Å². The van der Waals surface area contributed by atoms with Gasteiger partial charge in [0.15, 0.2) is 0 Å². The molecule has 0 unspecified atom stereocenters. The Morgan fingerprint density at radius 3 is 2.67 bits per heavy atom. The van der Waals surface area contributed by atoms with Gasteiger partial charge in [-0.3, -0.25) is 0 Å². The highest BCUT2D eigenvalue weighted by Gasteiger charge is 2.12. The lowest BCUT2D eigenvalue weighted by Gasteiger charge is -2.22. The molecule has 100 valence electrons. The van der Waals surface area contributed by atoms with Gasteiger partial charge in [0.05, 0.1) is 0 Å². The highest BCUT2D eigenvalue weighted by molar-refractivity contribution is 5.40. The fourth-order valence-electron chi connectivity index (χ4n) is 2.42. The van der Waals surface area contributed by atoms with E-state index < -0.39 is 0 Å². The van der Waals surface area contributed by atoms with E-state index in [-0.39, 0.29) is 0 Å². The molecule has 0 saturated carbocycles. The standard InChI is InChI=1S/C14H24N4/c1-12-13(11-15)5-6-14(16-12)17(2)9-10-18-7-3-4-8-18/h5-6H,3-4,7-11,15H2,1-2H3. The Balaban J connectivity index is 1.91. The summed E-state index contributed by atoms with van der Waals surface area (Å²) in [5.41, 5.74) is 7.83. The van der Waals surface area contributed by atoms with E-state index in [0.717, 1.165) is 30.2 Å². The molecule has 0 amide bonds. The molecule has 1 aromatic rings. The smallest absolute Gasteiger partial charge is 0.128 e. The van der Waals surface area contributed by atoms with Crippen molar-refractivity contribution in [2.75, 3.05) is 38.1 Å². The summed E-state index contributed by atoms with van der Waals surface area (Å²) in [6, 6.07) is 4.16. The number of nitrogens with zero attached hydrogens (tertiary/aromatic N) is 3. The number of likely N-dealkylation sites (tertiary alicyclic amines) is 1. The molecule has 2 rings (SSSR count). The van der Waals surface area contributed by atoms with E-state index in [2.05, 4.69) is 34.0 Å². The van der Waals surface area contributed by atoms with Crippen LogP contribution in [0, 0.1) is 6.92 Å². The molecule has 1 aromatic heterocycles. The van der Waals surface area contributed by atoms with Crippen molar-refractivity contribution < 1.29 is 0 Å². The minimum atomic E-state index is 0.566. The lowest BCUT2D eigenvalue weighted by molar-refractivity contribution is 0.346. The summed E-state index contributed by atoms with van der Waals surface area (Å²) < 4.78 is 0. The van der Waals surface area contributed by atoms with Gasteiger partial charge in [-0.15, -0.1) is 0 Å². The van der Waals surface area contributed by atoms with E-state index in [9.17, 15) is 0 Å². The first-order chi connectivity index (χ1) is 8.70. The third kappa shape index (κ3) is 3.21. The molecule has 4 nitrogen and oxygen atoms in total. The van der Waals surface area contributed by atoms with Crippen LogP contribution in [0.5, 0.6) is 0 Å². The Morgan fingerprint density at radius 2 is 2.06 bits per heavy atom. The number of aryl methyl sites for hydroxylation is 1. The van der Waals surface area contributed by atoms with Gasteiger partial charge in [-0.05, 0) is 44.5 Å². The summed E-state index contributed by atoms with van der Waals surface area (Å²) in [5, 5.41) is 0. The van der Waals surface area contributed by atoms with Crippen molar-refractivity contribution in [2.45, 2.75) is 26.3 Å². The van der Waals surface area contributed by atoms with Crippen LogP contribution in [-0.2, 0) is 6.54 Å². The van der Waals surface area contributed by atoms with Crippen molar-refractivity contribution in [1.29, 1.82) is 0 Å². The second-order valence-corrected chi connectivity index (χ2v) is 5.09. The molecular formula is C14H24N4. The predicted molar refractivity (Wildman–Crippen MR) is 75.8 cm³/mol. The number of aromatic nitrogens is 1. The van der Waals surface area contributed by atoms with Crippen LogP contribution >= 0.6 is 0 Å². The number of hydrogen-bond donors (Lipinski definition) is 1. The molecule has 1 fully saturated rings. The van der Waals surface area contributed by atoms with Crippen LogP contribution in [0.2, 0.25) is 0 Å². The summed E-state index contributed by atoms with van der Waals surface area (Å²) in [6.07, 6.45) is 2.71. The van der Waals surface area contributed by atoms with Crippen molar-refractivity contribution in [3.63, 3.8) is 0 Å². The van der Waals surface area contributed by atoms with E-state index in [1.54, 1.807) is 0 Å². The van der Waals surface area contributed by atoms with E-state index >= 15 is 0 Å². The van der Waals surface area contributed by atoms with Crippen LogP contribution < -0.4 is 10.6 Å². The summed E-state index contributed by atoms with van der Waals surface area (Å²) in [5.74, 6) is 1.05. The normalized spacial score (nSPS) is 16.2. The molecule has 0 aromatic carbocycles. The highest BCUT2D eigenvalue weighted by atomic mass is 15.2. The maximum atomic E-state index is 5.66. The Labute approximate surface area is 110 Å². The van der Waals surface area contributed by atoms with Gasteiger partial charge in [-0.2, -0.15) is 0 Å². The van der Waals surface area contributed by atoms with Crippen molar-refractivity contribution in [1.82, 2.24) is 9.88 Å². The molecule has 1 aliphatic heterocycles. The number of rotatable bonds is 5. The highest BCUT2D eigenvalue weighted by Crippen LogP contribution is 2.14. The fraction of sp³-hybridized carbons (Fsp3) is 0.643. The Bertz CT molecular complexity index is 385. The molecule has 0 spiro atoms. The van der Waals surface area contributed by atoms with Crippen molar-refractivity contribution in [3.05, 3.63) is 23.4 Å². The Morgan fingerprint density at radius 1 is 1.33 bits per heavy atom. The molecular weight excluding hydrogens is 224 g/mol. The fourth-order valence-corrected chi connectivity index (χ4v) is 2.42. The van der Waals surface area contributed by atoms with Gasteiger partial charge >= 0.3 is 0 Å². The molecule has 2 N–H and O–H groups in total. The zero-order chi connectivity index (χ0) is 13.0. The number of nitrogens with two attached hydrogens (primary N) is 1. The monoisotopic (exact) mass is 248 g/mol. The van der Waals surface area contributed by atoms with Crippen LogP contribution in [-0.4, -0.2) is 43.1 Å². The summed E-state index contributed by atoms with van der Waals surface area (Å²) >= 11 is 0. The maximum absolute atomic E-state index is 5.66. The summed E-state index contributed by atoms with van der Waals surface area (Å²) in [4.78, 5) is 9.37.